The van der Waals surface area contributed by atoms with Gasteiger partial charge >= 0.3 is 5.97 Å². The highest BCUT2D eigenvalue weighted by molar-refractivity contribution is 7.13. The van der Waals surface area contributed by atoms with Crippen molar-refractivity contribution in [2.45, 2.75) is 19.6 Å². The Balaban J connectivity index is 1.41. The number of hydrogen-bond acceptors (Lipinski definition) is 6. The van der Waals surface area contributed by atoms with E-state index >= 15 is 0 Å². The summed E-state index contributed by atoms with van der Waals surface area (Å²) in [4.78, 5) is 42.7. The van der Waals surface area contributed by atoms with Crippen LogP contribution in [-0.2, 0) is 16.1 Å². The molecular weight excluding hydrogens is 395 g/mol. The van der Waals surface area contributed by atoms with Gasteiger partial charge in [0.1, 0.15) is 23.5 Å². The minimum Gasteiger partial charge on any atom is -0.458 e. The van der Waals surface area contributed by atoms with E-state index in [0.29, 0.717) is 10.7 Å². The molecule has 2 heterocycles. The molecule has 0 fully saturated rings. The number of esters is 1. The van der Waals surface area contributed by atoms with Crippen LogP contribution in [0.5, 0.6) is 0 Å². The molecule has 3 aromatic rings. The molecule has 2 amide bonds. The SMILES string of the molecule is C[C@H](C(=O)OCc1csc(-c2ccc(F)cc2)n1)N1C(=O)c2ccccc2C1=O. The molecule has 1 aromatic heterocycles. The summed E-state index contributed by atoms with van der Waals surface area (Å²) in [6.45, 7) is 1.36. The predicted octanol–water partition coefficient (Wildman–Crippen LogP) is 3.68. The van der Waals surface area contributed by atoms with E-state index < -0.39 is 23.8 Å². The molecule has 8 heteroatoms. The summed E-state index contributed by atoms with van der Waals surface area (Å²) >= 11 is 1.34. The smallest absolute Gasteiger partial charge is 0.329 e. The number of benzene rings is 2. The number of rotatable bonds is 5. The van der Waals surface area contributed by atoms with Gasteiger partial charge in [-0.05, 0) is 43.3 Å². The van der Waals surface area contributed by atoms with Crippen molar-refractivity contribution in [3.05, 3.63) is 76.5 Å². The third kappa shape index (κ3) is 3.54. The maximum atomic E-state index is 13.0. The molecule has 0 saturated carbocycles. The van der Waals surface area contributed by atoms with Crippen molar-refractivity contribution >= 4 is 29.1 Å². The number of carbonyl (C=O) groups is 3. The van der Waals surface area contributed by atoms with Gasteiger partial charge in [-0.25, -0.2) is 14.2 Å². The molecule has 29 heavy (non-hydrogen) atoms. The predicted molar refractivity (Wildman–Crippen MR) is 104 cm³/mol. The van der Waals surface area contributed by atoms with E-state index in [1.54, 1.807) is 41.8 Å². The Morgan fingerprint density at radius 3 is 2.34 bits per heavy atom. The Morgan fingerprint density at radius 1 is 1.10 bits per heavy atom. The van der Waals surface area contributed by atoms with E-state index in [4.69, 9.17) is 4.74 Å². The van der Waals surface area contributed by atoms with Gasteiger partial charge in [-0.3, -0.25) is 14.5 Å². The third-order valence-electron chi connectivity index (χ3n) is 4.56. The molecule has 1 aliphatic rings. The van der Waals surface area contributed by atoms with Gasteiger partial charge in [0.2, 0.25) is 0 Å². The highest BCUT2D eigenvalue weighted by atomic mass is 32.1. The van der Waals surface area contributed by atoms with E-state index in [2.05, 4.69) is 4.98 Å². The zero-order chi connectivity index (χ0) is 20.5. The van der Waals surface area contributed by atoms with E-state index in [1.807, 2.05) is 0 Å². The first kappa shape index (κ1) is 18.9. The monoisotopic (exact) mass is 410 g/mol. The van der Waals surface area contributed by atoms with Crippen LogP contribution in [-0.4, -0.2) is 33.7 Å². The van der Waals surface area contributed by atoms with Crippen molar-refractivity contribution < 1.29 is 23.5 Å². The second-order valence-electron chi connectivity index (χ2n) is 6.46. The van der Waals surface area contributed by atoms with Crippen LogP contribution in [0.15, 0.2) is 53.9 Å². The molecule has 0 aliphatic carbocycles. The topological polar surface area (TPSA) is 76.6 Å². The third-order valence-corrected chi connectivity index (χ3v) is 5.50. The molecule has 0 unspecified atom stereocenters. The minimum absolute atomic E-state index is 0.0932. The highest BCUT2D eigenvalue weighted by Crippen LogP contribution is 2.26. The maximum Gasteiger partial charge on any atom is 0.329 e. The van der Waals surface area contributed by atoms with Crippen LogP contribution >= 0.6 is 11.3 Å². The molecule has 0 radical (unpaired) electrons. The van der Waals surface area contributed by atoms with Gasteiger partial charge < -0.3 is 4.74 Å². The minimum atomic E-state index is -1.06. The fourth-order valence-corrected chi connectivity index (χ4v) is 3.84. The van der Waals surface area contributed by atoms with Gasteiger partial charge in [0.25, 0.3) is 11.8 Å². The zero-order valence-corrected chi connectivity index (χ0v) is 16.1. The summed E-state index contributed by atoms with van der Waals surface area (Å²) in [7, 11) is 0. The van der Waals surface area contributed by atoms with Crippen LogP contribution in [0.3, 0.4) is 0 Å². The average Bonchev–Trinajstić information content (AvgIpc) is 3.30. The number of amides is 2. The summed E-state index contributed by atoms with van der Waals surface area (Å²) in [5.41, 5.74) is 1.84. The Labute approximate surface area is 169 Å². The second kappa shape index (κ2) is 7.56. The summed E-state index contributed by atoms with van der Waals surface area (Å²) in [5.74, 6) is -2.05. The van der Waals surface area contributed by atoms with E-state index in [1.165, 1.54) is 30.4 Å². The van der Waals surface area contributed by atoms with Crippen LogP contribution in [0.25, 0.3) is 10.6 Å². The number of halogens is 1. The zero-order valence-electron chi connectivity index (χ0n) is 15.3. The number of carbonyl (C=O) groups excluding carboxylic acids is 3. The number of nitrogens with zero attached hydrogens (tertiary/aromatic N) is 2. The molecule has 1 aliphatic heterocycles. The fraction of sp³-hybridized carbons (Fsp3) is 0.143. The quantitative estimate of drug-likeness (QED) is 0.474. The van der Waals surface area contributed by atoms with Gasteiger partial charge in [0.15, 0.2) is 0 Å². The van der Waals surface area contributed by atoms with Gasteiger partial charge in [-0.15, -0.1) is 11.3 Å². The Hall–Kier alpha value is -3.39. The highest BCUT2D eigenvalue weighted by Gasteiger charge is 2.41. The van der Waals surface area contributed by atoms with Crippen LogP contribution in [0, 0.1) is 5.82 Å². The molecule has 0 N–H and O–H groups in total. The molecule has 0 saturated heterocycles. The molecular formula is C21H15FN2O4S. The summed E-state index contributed by atoms with van der Waals surface area (Å²) in [5, 5.41) is 2.41. The molecule has 6 nitrogen and oxygen atoms in total. The van der Waals surface area contributed by atoms with Gasteiger partial charge in [-0.2, -0.15) is 0 Å². The number of ether oxygens (including phenoxy) is 1. The molecule has 2 aromatic carbocycles. The van der Waals surface area contributed by atoms with E-state index in [0.717, 1.165) is 10.5 Å². The first-order chi connectivity index (χ1) is 14.0. The molecule has 4 rings (SSSR count). The molecule has 146 valence electrons. The summed E-state index contributed by atoms with van der Waals surface area (Å²) in [6.07, 6.45) is 0. The summed E-state index contributed by atoms with van der Waals surface area (Å²) < 4.78 is 18.3. The Kier molecular flexibility index (Phi) is 4.94. The van der Waals surface area contributed by atoms with Crippen molar-refractivity contribution in [2.24, 2.45) is 0 Å². The van der Waals surface area contributed by atoms with Crippen molar-refractivity contribution in [1.82, 2.24) is 9.88 Å². The molecule has 1 atom stereocenters. The lowest BCUT2D eigenvalue weighted by molar-refractivity contribution is -0.149. The van der Waals surface area contributed by atoms with Crippen molar-refractivity contribution in [3.8, 4) is 10.6 Å². The number of aromatic nitrogens is 1. The lowest BCUT2D eigenvalue weighted by Crippen LogP contribution is -2.43. The number of thiazole rings is 1. The van der Waals surface area contributed by atoms with E-state index in [9.17, 15) is 18.8 Å². The molecule has 0 bridgehead atoms. The Morgan fingerprint density at radius 2 is 1.72 bits per heavy atom. The van der Waals surface area contributed by atoms with E-state index in [-0.39, 0.29) is 23.6 Å². The largest absolute Gasteiger partial charge is 0.458 e. The van der Waals surface area contributed by atoms with Crippen LogP contribution < -0.4 is 0 Å². The normalized spacial score (nSPS) is 14.1. The molecule has 0 spiro atoms. The summed E-state index contributed by atoms with van der Waals surface area (Å²) in [6, 6.07) is 11.3. The first-order valence-electron chi connectivity index (χ1n) is 8.79. The second-order valence-corrected chi connectivity index (χ2v) is 7.32. The number of imide groups is 1. The average molecular weight is 410 g/mol. The number of fused-ring (bicyclic) bond motifs is 1. The van der Waals surface area contributed by atoms with Crippen molar-refractivity contribution in [1.29, 1.82) is 0 Å². The van der Waals surface area contributed by atoms with Crippen LogP contribution in [0.4, 0.5) is 4.39 Å². The van der Waals surface area contributed by atoms with Crippen LogP contribution in [0.2, 0.25) is 0 Å². The van der Waals surface area contributed by atoms with Crippen molar-refractivity contribution in [2.75, 3.05) is 0 Å². The number of hydrogen-bond donors (Lipinski definition) is 0. The standard InChI is InChI=1S/C21H15FN2O4S/c1-12(24-19(25)16-4-2-3-5-17(16)20(24)26)21(27)28-10-15-11-29-18(23-15)13-6-8-14(22)9-7-13/h2-9,11-12H,10H2,1H3/t12-/m1/s1. The maximum absolute atomic E-state index is 13.0. The van der Waals surface area contributed by atoms with Gasteiger partial charge in [0.05, 0.1) is 16.8 Å². The lowest BCUT2D eigenvalue weighted by atomic mass is 10.1. The van der Waals surface area contributed by atoms with Crippen LogP contribution in [0.1, 0.15) is 33.3 Å². The first-order valence-corrected chi connectivity index (χ1v) is 9.67. The van der Waals surface area contributed by atoms with Gasteiger partial charge in [0, 0.05) is 10.9 Å². The Bertz CT molecular complexity index is 1070. The fourth-order valence-electron chi connectivity index (χ4n) is 3.03. The van der Waals surface area contributed by atoms with Gasteiger partial charge in [-0.1, -0.05) is 12.1 Å². The lowest BCUT2D eigenvalue weighted by Gasteiger charge is -2.20. The van der Waals surface area contributed by atoms with Crippen molar-refractivity contribution in [3.63, 3.8) is 0 Å².